The number of carboxylic acids is 1. The van der Waals surface area contributed by atoms with E-state index in [9.17, 15) is 18.0 Å². The number of ether oxygens (including phenoxy) is 1. The highest BCUT2D eigenvalue weighted by Gasteiger charge is 2.31. The van der Waals surface area contributed by atoms with Gasteiger partial charge in [0.1, 0.15) is 5.75 Å². The standard InChI is InChI=1S/C20H16F3N3O3/c1-12-11-24-19(26(2)15-7-3-14(4-8-15)18(27)28)25-17(12)13-5-9-16(10-6-13)29-20(21,22)23/h3-11H,1-2H3,(H,27,28). The molecule has 0 saturated heterocycles. The van der Waals surface area contributed by atoms with Crippen LogP contribution in [0.15, 0.2) is 54.7 Å². The van der Waals surface area contributed by atoms with Crippen LogP contribution in [0.5, 0.6) is 5.75 Å². The van der Waals surface area contributed by atoms with Crippen molar-refractivity contribution in [3.63, 3.8) is 0 Å². The molecule has 150 valence electrons. The summed E-state index contributed by atoms with van der Waals surface area (Å²) in [7, 11) is 1.73. The third-order valence-corrected chi connectivity index (χ3v) is 4.12. The van der Waals surface area contributed by atoms with E-state index >= 15 is 0 Å². The number of hydrogen-bond donors (Lipinski definition) is 1. The van der Waals surface area contributed by atoms with Crippen LogP contribution in [0.4, 0.5) is 24.8 Å². The second-order valence-electron chi connectivity index (χ2n) is 6.18. The fourth-order valence-corrected chi connectivity index (χ4v) is 2.64. The molecule has 0 aliphatic rings. The second kappa shape index (κ2) is 7.78. The number of aromatic carboxylic acids is 1. The summed E-state index contributed by atoms with van der Waals surface area (Å²) in [4.78, 5) is 21.5. The van der Waals surface area contributed by atoms with E-state index in [1.54, 1.807) is 37.2 Å². The molecule has 0 atom stereocenters. The molecule has 1 heterocycles. The van der Waals surface area contributed by atoms with Crippen molar-refractivity contribution < 1.29 is 27.8 Å². The molecule has 1 aromatic heterocycles. The summed E-state index contributed by atoms with van der Waals surface area (Å²) in [5, 5.41) is 9.00. The maximum atomic E-state index is 12.3. The number of anilines is 2. The Morgan fingerprint density at radius 3 is 2.24 bits per heavy atom. The van der Waals surface area contributed by atoms with Crippen molar-refractivity contribution >= 4 is 17.6 Å². The molecular formula is C20H16F3N3O3. The van der Waals surface area contributed by atoms with Crippen LogP contribution in [0.1, 0.15) is 15.9 Å². The molecule has 0 amide bonds. The van der Waals surface area contributed by atoms with Crippen molar-refractivity contribution in [3.8, 4) is 17.0 Å². The maximum Gasteiger partial charge on any atom is 0.573 e. The van der Waals surface area contributed by atoms with E-state index in [4.69, 9.17) is 5.11 Å². The summed E-state index contributed by atoms with van der Waals surface area (Å²) in [5.74, 6) is -0.987. The fourth-order valence-electron chi connectivity index (χ4n) is 2.64. The zero-order chi connectivity index (χ0) is 21.2. The van der Waals surface area contributed by atoms with Crippen molar-refractivity contribution in [2.24, 2.45) is 0 Å². The van der Waals surface area contributed by atoms with E-state index in [0.717, 1.165) is 5.56 Å². The van der Waals surface area contributed by atoms with Gasteiger partial charge in [0.15, 0.2) is 0 Å². The van der Waals surface area contributed by atoms with Gasteiger partial charge in [-0.25, -0.2) is 14.8 Å². The van der Waals surface area contributed by atoms with E-state index in [1.165, 1.54) is 36.4 Å². The van der Waals surface area contributed by atoms with Crippen LogP contribution in [-0.2, 0) is 0 Å². The normalized spacial score (nSPS) is 11.2. The largest absolute Gasteiger partial charge is 0.573 e. The molecule has 29 heavy (non-hydrogen) atoms. The third-order valence-electron chi connectivity index (χ3n) is 4.12. The minimum atomic E-state index is -4.75. The lowest BCUT2D eigenvalue weighted by atomic mass is 10.1. The van der Waals surface area contributed by atoms with E-state index < -0.39 is 12.3 Å². The van der Waals surface area contributed by atoms with Crippen LogP contribution >= 0.6 is 0 Å². The van der Waals surface area contributed by atoms with Crippen LogP contribution in [-0.4, -0.2) is 34.5 Å². The number of aromatic nitrogens is 2. The number of alkyl halides is 3. The van der Waals surface area contributed by atoms with Gasteiger partial charge in [-0.2, -0.15) is 0 Å². The average molecular weight is 403 g/mol. The Bertz CT molecular complexity index is 1020. The van der Waals surface area contributed by atoms with Gasteiger partial charge in [-0.3, -0.25) is 0 Å². The molecular weight excluding hydrogens is 387 g/mol. The van der Waals surface area contributed by atoms with Gasteiger partial charge in [-0.1, -0.05) is 0 Å². The Hall–Kier alpha value is -3.62. The number of benzene rings is 2. The topological polar surface area (TPSA) is 75.6 Å². The first-order valence-electron chi connectivity index (χ1n) is 8.41. The molecule has 0 bridgehead atoms. The number of carboxylic acid groups (broad SMARTS) is 1. The lowest BCUT2D eigenvalue weighted by molar-refractivity contribution is -0.274. The summed E-state index contributed by atoms with van der Waals surface area (Å²) in [6.07, 6.45) is -3.14. The molecule has 6 nitrogen and oxygen atoms in total. The highest BCUT2D eigenvalue weighted by atomic mass is 19.4. The van der Waals surface area contributed by atoms with Crippen LogP contribution in [0.2, 0.25) is 0 Å². The highest BCUT2D eigenvalue weighted by molar-refractivity contribution is 5.88. The maximum absolute atomic E-state index is 12.3. The van der Waals surface area contributed by atoms with Gasteiger partial charge in [-0.15, -0.1) is 13.2 Å². The Balaban J connectivity index is 1.88. The number of aryl methyl sites for hydroxylation is 1. The predicted molar refractivity (Wildman–Crippen MR) is 100 cm³/mol. The SMILES string of the molecule is Cc1cnc(N(C)c2ccc(C(=O)O)cc2)nc1-c1ccc(OC(F)(F)F)cc1. The average Bonchev–Trinajstić information content (AvgIpc) is 2.67. The van der Waals surface area contributed by atoms with Gasteiger partial charge in [-0.05, 0) is 61.0 Å². The van der Waals surface area contributed by atoms with Crippen molar-refractivity contribution in [1.29, 1.82) is 0 Å². The first-order valence-corrected chi connectivity index (χ1v) is 8.41. The fraction of sp³-hybridized carbons (Fsp3) is 0.150. The number of hydrogen-bond acceptors (Lipinski definition) is 5. The quantitative estimate of drug-likeness (QED) is 0.659. The van der Waals surface area contributed by atoms with Crippen LogP contribution in [0.25, 0.3) is 11.3 Å². The Kier molecular flexibility index (Phi) is 5.40. The molecule has 0 radical (unpaired) electrons. The molecule has 0 aliphatic carbocycles. The van der Waals surface area contributed by atoms with E-state index in [0.29, 0.717) is 22.9 Å². The van der Waals surface area contributed by atoms with Gasteiger partial charge < -0.3 is 14.7 Å². The highest BCUT2D eigenvalue weighted by Crippen LogP contribution is 2.29. The van der Waals surface area contributed by atoms with Crippen molar-refractivity contribution in [3.05, 3.63) is 65.9 Å². The molecule has 3 aromatic rings. The van der Waals surface area contributed by atoms with Gasteiger partial charge in [0.25, 0.3) is 0 Å². The van der Waals surface area contributed by atoms with Crippen LogP contribution in [0.3, 0.4) is 0 Å². The van der Waals surface area contributed by atoms with Crippen LogP contribution in [0, 0.1) is 6.92 Å². The number of halogens is 3. The summed E-state index contributed by atoms with van der Waals surface area (Å²) < 4.78 is 40.8. The molecule has 1 N–H and O–H groups in total. The Morgan fingerprint density at radius 2 is 1.69 bits per heavy atom. The third kappa shape index (κ3) is 4.81. The molecule has 2 aromatic carbocycles. The first-order chi connectivity index (χ1) is 13.6. The second-order valence-corrected chi connectivity index (χ2v) is 6.18. The Labute approximate surface area is 164 Å². The Morgan fingerprint density at radius 1 is 1.07 bits per heavy atom. The predicted octanol–water partition coefficient (Wildman–Crippen LogP) is 4.82. The van der Waals surface area contributed by atoms with Gasteiger partial charge >= 0.3 is 12.3 Å². The minimum absolute atomic E-state index is 0.161. The minimum Gasteiger partial charge on any atom is -0.478 e. The lowest BCUT2D eigenvalue weighted by Gasteiger charge is -2.19. The molecule has 9 heteroatoms. The summed E-state index contributed by atoms with van der Waals surface area (Å²) in [5.41, 5.74) is 2.75. The van der Waals surface area contributed by atoms with E-state index in [-0.39, 0.29) is 11.3 Å². The van der Waals surface area contributed by atoms with Crippen molar-refractivity contribution in [1.82, 2.24) is 9.97 Å². The smallest absolute Gasteiger partial charge is 0.478 e. The van der Waals surface area contributed by atoms with Gasteiger partial charge in [0, 0.05) is 24.5 Å². The molecule has 3 rings (SSSR count). The zero-order valence-corrected chi connectivity index (χ0v) is 15.4. The van der Waals surface area contributed by atoms with Crippen LogP contribution < -0.4 is 9.64 Å². The summed E-state index contributed by atoms with van der Waals surface area (Å²) in [6.45, 7) is 1.79. The van der Waals surface area contributed by atoms with Gasteiger partial charge in [0.05, 0.1) is 11.3 Å². The van der Waals surface area contributed by atoms with E-state index in [1.807, 2.05) is 0 Å². The molecule has 0 saturated carbocycles. The van der Waals surface area contributed by atoms with E-state index in [2.05, 4.69) is 14.7 Å². The monoisotopic (exact) mass is 403 g/mol. The van der Waals surface area contributed by atoms with Gasteiger partial charge in [0.2, 0.25) is 5.95 Å². The molecule has 0 fully saturated rings. The summed E-state index contributed by atoms with van der Waals surface area (Å²) >= 11 is 0. The zero-order valence-electron chi connectivity index (χ0n) is 15.4. The number of nitrogens with zero attached hydrogens (tertiary/aromatic N) is 3. The molecule has 0 aliphatic heterocycles. The molecule has 0 spiro atoms. The van der Waals surface area contributed by atoms with Crippen molar-refractivity contribution in [2.75, 3.05) is 11.9 Å². The first kappa shape index (κ1) is 20.1. The number of carbonyl (C=O) groups is 1. The lowest BCUT2D eigenvalue weighted by Crippen LogP contribution is -2.17. The number of rotatable bonds is 5. The van der Waals surface area contributed by atoms with Crippen molar-refractivity contribution in [2.45, 2.75) is 13.3 Å². The summed E-state index contributed by atoms with van der Waals surface area (Å²) in [6, 6.07) is 11.6. The molecule has 0 unspecified atom stereocenters.